The number of rotatable bonds is 9. The van der Waals surface area contributed by atoms with Crippen molar-refractivity contribution >= 4 is 11.6 Å². The Labute approximate surface area is 212 Å². The molecule has 1 atom stereocenters. The number of carbonyl (C=O) groups excluding carboxylic acids is 1. The molecule has 0 radical (unpaired) electrons. The Hall–Kier alpha value is -3.55. The van der Waals surface area contributed by atoms with Gasteiger partial charge >= 0.3 is 0 Å². The minimum absolute atomic E-state index is 0.0859. The maximum absolute atomic E-state index is 12.1. The van der Waals surface area contributed by atoms with Crippen molar-refractivity contribution in [1.82, 2.24) is 9.80 Å². The number of carbonyl (C=O) groups is 1. The van der Waals surface area contributed by atoms with Crippen molar-refractivity contribution in [2.75, 3.05) is 26.2 Å². The highest BCUT2D eigenvalue weighted by Crippen LogP contribution is 2.36. The summed E-state index contributed by atoms with van der Waals surface area (Å²) in [5, 5.41) is 11.6. The van der Waals surface area contributed by atoms with Gasteiger partial charge < -0.3 is 5.73 Å². The fourth-order valence-electron chi connectivity index (χ4n) is 5.44. The van der Waals surface area contributed by atoms with E-state index >= 15 is 0 Å². The highest BCUT2D eigenvalue weighted by Gasteiger charge is 2.30. The standard InChI is InChI=1S/C29H34N4O3/c1-3-24-25(4-2)27(29(30)34)14-13-26(24)28(22-11-8-12-23(19-22)33(35)36)32-17-15-31(16-18-32)20-21-9-6-5-7-10-21/h5-14,19,28H,3-4,15-18,20H2,1-2H3,(H2,30,34). The van der Waals surface area contributed by atoms with Crippen LogP contribution in [-0.4, -0.2) is 46.8 Å². The van der Waals surface area contributed by atoms with Gasteiger partial charge in [0.05, 0.1) is 11.0 Å². The lowest BCUT2D eigenvalue weighted by molar-refractivity contribution is -0.384. The second-order valence-electron chi connectivity index (χ2n) is 9.28. The molecule has 1 fully saturated rings. The molecule has 2 N–H and O–H groups in total. The average molecular weight is 487 g/mol. The zero-order valence-electron chi connectivity index (χ0n) is 21.0. The Bertz CT molecular complexity index is 1220. The number of nitro benzene ring substituents is 1. The minimum atomic E-state index is -0.422. The lowest BCUT2D eigenvalue weighted by atomic mass is 9.85. The third-order valence-electron chi connectivity index (χ3n) is 7.15. The van der Waals surface area contributed by atoms with Gasteiger partial charge in [-0.25, -0.2) is 0 Å². The van der Waals surface area contributed by atoms with Crippen molar-refractivity contribution in [1.29, 1.82) is 0 Å². The van der Waals surface area contributed by atoms with Crippen LogP contribution in [0.15, 0.2) is 66.7 Å². The Morgan fingerprint density at radius 3 is 2.25 bits per heavy atom. The summed E-state index contributed by atoms with van der Waals surface area (Å²) in [5.41, 5.74) is 11.7. The molecule has 0 saturated carbocycles. The van der Waals surface area contributed by atoms with Crippen molar-refractivity contribution in [3.8, 4) is 0 Å². The molecule has 4 rings (SSSR count). The van der Waals surface area contributed by atoms with Crippen LogP contribution in [0.4, 0.5) is 5.69 Å². The van der Waals surface area contributed by atoms with E-state index < -0.39 is 5.91 Å². The highest BCUT2D eigenvalue weighted by molar-refractivity contribution is 5.95. The predicted octanol–water partition coefficient (Wildman–Crippen LogP) is 4.73. The zero-order valence-corrected chi connectivity index (χ0v) is 21.0. The van der Waals surface area contributed by atoms with Gasteiger partial charge in [0.1, 0.15) is 0 Å². The van der Waals surface area contributed by atoms with E-state index in [1.807, 2.05) is 31.2 Å². The molecule has 0 aromatic heterocycles. The molecule has 3 aromatic carbocycles. The maximum Gasteiger partial charge on any atom is 0.269 e. The maximum atomic E-state index is 12.1. The van der Waals surface area contributed by atoms with Crippen LogP contribution in [-0.2, 0) is 19.4 Å². The van der Waals surface area contributed by atoms with Gasteiger partial charge in [0.15, 0.2) is 0 Å². The van der Waals surface area contributed by atoms with E-state index in [1.165, 1.54) is 11.6 Å². The average Bonchev–Trinajstić information content (AvgIpc) is 2.90. The molecule has 1 unspecified atom stereocenters. The van der Waals surface area contributed by atoms with Crippen LogP contribution < -0.4 is 5.73 Å². The van der Waals surface area contributed by atoms with E-state index in [4.69, 9.17) is 5.73 Å². The first-order valence-corrected chi connectivity index (χ1v) is 12.6. The molecule has 36 heavy (non-hydrogen) atoms. The molecule has 1 aliphatic rings. The lowest BCUT2D eigenvalue weighted by Gasteiger charge is -2.40. The van der Waals surface area contributed by atoms with Gasteiger partial charge in [-0.05, 0) is 46.7 Å². The van der Waals surface area contributed by atoms with Crippen molar-refractivity contribution in [3.05, 3.63) is 110 Å². The zero-order chi connectivity index (χ0) is 25.7. The summed E-state index contributed by atoms with van der Waals surface area (Å²) in [4.78, 5) is 28.2. The summed E-state index contributed by atoms with van der Waals surface area (Å²) >= 11 is 0. The van der Waals surface area contributed by atoms with E-state index in [0.717, 1.165) is 61.4 Å². The molecule has 1 aliphatic heterocycles. The van der Waals surface area contributed by atoms with Gasteiger partial charge in [0, 0.05) is 50.4 Å². The molecule has 1 heterocycles. The van der Waals surface area contributed by atoms with Gasteiger partial charge in [-0.3, -0.25) is 24.7 Å². The van der Waals surface area contributed by atoms with Crippen LogP contribution in [0.3, 0.4) is 0 Å². The van der Waals surface area contributed by atoms with E-state index in [9.17, 15) is 14.9 Å². The Morgan fingerprint density at radius 2 is 1.64 bits per heavy atom. The summed E-state index contributed by atoms with van der Waals surface area (Å²) in [5.74, 6) is -0.422. The molecule has 188 valence electrons. The largest absolute Gasteiger partial charge is 0.366 e. The normalized spacial score (nSPS) is 15.5. The lowest BCUT2D eigenvalue weighted by Crippen LogP contribution is -2.47. The number of nitrogens with two attached hydrogens (primary N) is 1. The van der Waals surface area contributed by atoms with Gasteiger partial charge in [-0.15, -0.1) is 0 Å². The monoisotopic (exact) mass is 486 g/mol. The van der Waals surface area contributed by atoms with E-state index in [2.05, 4.69) is 41.0 Å². The van der Waals surface area contributed by atoms with Crippen LogP contribution in [0.5, 0.6) is 0 Å². The Balaban J connectivity index is 1.71. The first-order valence-electron chi connectivity index (χ1n) is 12.6. The van der Waals surface area contributed by atoms with Crippen LogP contribution in [0, 0.1) is 10.1 Å². The number of nitrogens with zero attached hydrogens (tertiary/aromatic N) is 3. The summed E-state index contributed by atoms with van der Waals surface area (Å²) in [7, 11) is 0. The quantitative estimate of drug-likeness (QED) is 0.349. The van der Waals surface area contributed by atoms with Crippen LogP contribution in [0.1, 0.15) is 58.1 Å². The van der Waals surface area contributed by atoms with Gasteiger partial charge in [0.25, 0.3) is 5.69 Å². The van der Waals surface area contributed by atoms with E-state index in [-0.39, 0.29) is 16.7 Å². The molecule has 7 nitrogen and oxygen atoms in total. The molecule has 0 aliphatic carbocycles. The summed E-state index contributed by atoms with van der Waals surface area (Å²) in [6.45, 7) is 8.51. The van der Waals surface area contributed by atoms with E-state index in [1.54, 1.807) is 12.1 Å². The SMILES string of the molecule is CCc1c(C(N)=O)ccc(C(c2cccc([N+](=O)[O-])c2)N2CCN(Cc3ccccc3)CC2)c1CC. The fraction of sp³-hybridized carbons (Fsp3) is 0.345. The number of primary amides is 1. The third-order valence-corrected chi connectivity index (χ3v) is 7.15. The number of hydrogen-bond acceptors (Lipinski definition) is 5. The summed E-state index contributed by atoms with van der Waals surface area (Å²) < 4.78 is 0. The Morgan fingerprint density at radius 1 is 0.944 bits per heavy atom. The Kier molecular flexibility index (Phi) is 8.13. The van der Waals surface area contributed by atoms with Gasteiger partial charge in [-0.1, -0.05) is 62.4 Å². The van der Waals surface area contributed by atoms with Gasteiger partial charge in [0.2, 0.25) is 5.91 Å². The second-order valence-corrected chi connectivity index (χ2v) is 9.28. The summed E-state index contributed by atoms with van der Waals surface area (Å²) in [6.07, 6.45) is 1.45. The molecular formula is C29H34N4O3. The smallest absolute Gasteiger partial charge is 0.269 e. The minimum Gasteiger partial charge on any atom is -0.366 e. The van der Waals surface area contributed by atoms with Crippen LogP contribution in [0.25, 0.3) is 0 Å². The molecule has 1 amide bonds. The predicted molar refractivity (Wildman–Crippen MR) is 142 cm³/mol. The van der Waals surface area contributed by atoms with Crippen molar-refractivity contribution < 1.29 is 9.72 Å². The molecule has 1 saturated heterocycles. The molecular weight excluding hydrogens is 452 g/mol. The number of piperazine rings is 1. The van der Waals surface area contributed by atoms with Gasteiger partial charge in [-0.2, -0.15) is 0 Å². The number of benzene rings is 3. The van der Waals surface area contributed by atoms with Crippen molar-refractivity contribution in [2.45, 2.75) is 39.3 Å². The topological polar surface area (TPSA) is 92.7 Å². The number of nitro groups is 1. The third kappa shape index (κ3) is 5.48. The first-order chi connectivity index (χ1) is 17.4. The molecule has 7 heteroatoms. The fourth-order valence-corrected chi connectivity index (χ4v) is 5.44. The highest BCUT2D eigenvalue weighted by atomic mass is 16.6. The van der Waals surface area contributed by atoms with E-state index in [0.29, 0.717) is 12.0 Å². The summed E-state index contributed by atoms with van der Waals surface area (Å²) in [6, 6.07) is 21.1. The molecule has 0 bridgehead atoms. The first kappa shape index (κ1) is 25.5. The second kappa shape index (κ2) is 11.5. The molecule has 3 aromatic rings. The van der Waals surface area contributed by atoms with Crippen molar-refractivity contribution in [3.63, 3.8) is 0 Å². The van der Waals surface area contributed by atoms with Crippen LogP contribution >= 0.6 is 0 Å². The van der Waals surface area contributed by atoms with Crippen LogP contribution in [0.2, 0.25) is 0 Å². The molecule has 0 spiro atoms. The number of amides is 1. The van der Waals surface area contributed by atoms with Crippen molar-refractivity contribution in [2.24, 2.45) is 5.73 Å². The number of non-ortho nitro benzene ring substituents is 1. The number of hydrogen-bond donors (Lipinski definition) is 1.